The standard InChI is InChI=1S/C14H15FN2O2S/c1-2-11-7-12(13(16)20-11)19-14(18)17-8-9-3-5-10(15)6-4-9/h3-7H,2,8,16H2,1H3,(H,17,18). The number of halogens is 1. The maximum Gasteiger partial charge on any atom is 0.412 e. The highest BCUT2D eigenvalue weighted by atomic mass is 32.1. The Hall–Kier alpha value is -2.08. The number of hydrogen-bond donors (Lipinski definition) is 2. The highest BCUT2D eigenvalue weighted by Crippen LogP contribution is 2.32. The minimum Gasteiger partial charge on any atom is -0.407 e. The number of benzene rings is 1. The smallest absolute Gasteiger partial charge is 0.407 e. The maximum atomic E-state index is 12.7. The van der Waals surface area contributed by atoms with Crippen LogP contribution in [0.25, 0.3) is 0 Å². The van der Waals surface area contributed by atoms with Crippen LogP contribution in [0.4, 0.5) is 14.2 Å². The van der Waals surface area contributed by atoms with Crippen LogP contribution in [0.15, 0.2) is 30.3 Å². The molecule has 106 valence electrons. The summed E-state index contributed by atoms with van der Waals surface area (Å²) in [6, 6.07) is 7.64. The normalized spacial score (nSPS) is 10.3. The Bertz CT molecular complexity index is 596. The molecule has 1 heterocycles. The van der Waals surface area contributed by atoms with Crippen LogP contribution in [0.1, 0.15) is 17.4 Å². The van der Waals surface area contributed by atoms with Crippen LogP contribution in [-0.4, -0.2) is 6.09 Å². The number of amides is 1. The molecule has 1 aromatic carbocycles. The number of ether oxygens (including phenoxy) is 1. The Kier molecular flexibility index (Phi) is 4.57. The van der Waals surface area contributed by atoms with Crippen LogP contribution in [0.5, 0.6) is 5.75 Å². The van der Waals surface area contributed by atoms with Gasteiger partial charge in [0, 0.05) is 11.4 Å². The highest BCUT2D eigenvalue weighted by Gasteiger charge is 2.11. The van der Waals surface area contributed by atoms with Gasteiger partial charge in [0.15, 0.2) is 5.75 Å². The van der Waals surface area contributed by atoms with Gasteiger partial charge in [-0.05, 0) is 30.2 Å². The quantitative estimate of drug-likeness (QED) is 0.909. The van der Waals surface area contributed by atoms with Crippen LogP contribution in [0.3, 0.4) is 0 Å². The molecule has 1 amide bonds. The van der Waals surface area contributed by atoms with E-state index in [1.807, 2.05) is 6.92 Å². The number of hydrogen-bond acceptors (Lipinski definition) is 4. The number of nitrogens with two attached hydrogens (primary N) is 1. The van der Waals surface area contributed by atoms with Crippen molar-refractivity contribution in [1.29, 1.82) is 0 Å². The summed E-state index contributed by atoms with van der Waals surface area (Å²) in [6.45, 7) is 2.27. The monoisotopic (exact) mass is 294 g/mol. The van der Waals surface area contributed by atoms with Gasteiger partial charge in [0.05, 0.1) is 0 Å². The van der Waals surface area contributed by atoms with Gasteiger partial charge in [0.2, 0.25) is 0 Å². The van der Waals surface area contributed by atoms with E-state index in [9.17, 15) is 9.18 Å². The van der Waals surface area contributed by atoms with Crippen molar-refractivity contribution >= 4 is 22.4 Å². The summed E-state index contributed by atoms with van der Waals surface area (Å²) >= 11 is 1.40. The van der Waals surface area contributed by atoms with Crippen molar-refractivity contribution < 1.29 is 13.9 Å². The van der Waals surface area contributed by atoms with E-state index in [4.69, 9.17) is 10.5 Å². The number of nitrogen functional groups attached to an aromatic ring is 1. The Morgan fingerprint density at radius 2 is 2.10 bits per heavy atom. The first kappa shape index (κ1) is 14.3. The second-order valence-corrected chi connectivity index (χ2v) is 5.33. The molecular weight excluding hydrogens is 279 g/mol. The van der Waals surface area contributed by atoms with Crippen molar-refractivity contribution in [2.45, 2.75) is 19.9 Å². The average Bonchev–Trinajstić information content (AvgIpc) is 2.79. The minimum absolute atomic E-state index is 0.268. The fourth-order valence-corrected chi connectivity index (χ4v) is 2.40. The topological polar surface area (TPSA) is 64.3 Å². The van der Waals surface area contributed by atoms with Crippen molar-refractivity contribution in [3.8, 4) is 5.75 Å². The highest BCUT2D eigenvalue weighted by molar-refractivity contribution is 7.16. The zero-order valence-electron chi connectivity index (χ0n) is 11.0. The van der Waals surface area contributed by atoms with Crippen LogP contribution in [-0.2, 0) is 13.0 Å². The van der Waals surface area contributed by atoms with Gasteiger partial charge in [-0.3, -0.25) is 0 Å². The summed E-state index contributed by atoms with van der Waals surface area (Å²) in [5.41, 5.74) is 6.55. The molecular formula is C14H15FN2O2S. The van der Waals surface area contributed by atoms with Crippen molar-refractivity contribution in [3.05, 3.63) is 46.6 Å². The molecule has 0 saturated heterocycles. The van der Waals surface area contributed by atoms with Gasteiger partial charge >= 0.3 is 6.09 Å². The first-order chi connectivity index (χ1) is 9.58. The van der Waals surface area contributed by atoms with Gasteiger partial charge in [-0.1, -0.05) is 19.1 Å². The first-order valence-electron chi connectivity index (χ1n) is 6.16. The number of nitrogens with one attached hydrogen (secondary N) is 1. The molecule has 0 aliphatic heterocycles. The summed E-state index contributed by atoms with van der Waals surface area (Å²) in [4.78, 5) is 12.7. The van der Waals surface area contributed by atoms with E-state index in [1.165, 1.54) is 23.5 Å². The van der Waals surface area contributed by atoms with Gasteiger partial charge < -0.3 is 15.8 Å². The maximum absolute atomic E-state index is 12.7. The molecule has 0 saturated carbocycles. The van der Waals surface area contributed by atoms with Crippen molar-refractivity contribution in [2.75, 3.05) is 5.73 Å². The summed E-state index contributed by atoms with van der Waals surface area (Å²) in [5, 5.41) is 3.07. The number of carbonyl (C=O) groups is 1. The summed E-state index contributed by atoms with van der Waals surface area (Å²) < 4.78 is 17.9. The van der Waals surface area contributed by atoms with E-state index < -0.39 is 6.09 Å². The minimum atomic E-state index is -0.582. The van der Waals surface area contributed by atoms with Crippen molar-refractivity contribution in [2.24, 2.45) is 0 Å². The fourth-order valence-electron chi connectivity index (χ4n) is 1.60. The average molecular weight is 294 g/mol. The van der Waals surface area contributed by atoms with Crippen molar-refractivity contribution in [3.63, 3.8) is 0 Å². The van der Waals surface area contributed by atoms with Crippen LogP contribution in [0.2, 0.25) is 0 Å². The molecule has 2 rings (SSSR count). The van der Waals surface area contributed by atoms with Gasteiger partial charge in [-0.2, -0.15) is 0 Å². The summed E-state index contributed by atoms with van der Waals surface area (Å²) in [6.07, 6.45) is 0.261. The van der Waals surface area contributed by atoms with E-state index in [1.54, 1.807) is 18.2 Å². The molecule has 0 atom stereocenters. The summed E-state index contributed by atoms with van der Waals surface area (Å²) in [5.74, 6) is 0.0675. The lowest BCUT2D eigenvalue weighted by molar-refractivity contribution is 0.200. The Labute approximate surface area is 120 Å². The van der Waals surface area contributed by atoms with E-state index in [2.05, 4.69) is 5.32 Å². The lowest BCUT2D eigenvalue weighted by Gasteiger charge is -2.06. The Balaban J connectivity index is 1.89. The largest absolute Gasteiger partial charge is 0.412 e. The number of carbonyl (C=O) groups excluding carboxylic acids is 1. The molecule has 0 fully saturated rings. The molecule has 0 spiro atoms. The molecule has 0 unspecified atom stereocenters. The molecule has 2 aromatic rings. The van der Waals surface area contributed by atoms with Crippen LogP contribution < -0.4 is 15.8 Å². The lowest BCUT2D eigenvalue weighted by Crippen LogP contribution is -2.26. The van der Waals surface area contributed by atoms with Gasteiger partial charge in [-0.15, -0.1) is 11.3 Å². The van der Waals surface area contributed by atoms with E-state index >= 15 is 0 Å². The Morgan fingerprint density at radius 1 is 1.40 bits per heavy atom. The molecule has 0 aliphatic carbocycles. The number of anilines is 1. The second-order valence-electron chi connectivity index (χ2n) is 4.16. The number of thiophene rings is 1. The third-order valence-corrected chi connectivity index (χ3v) is 3.77. The van der Waals surface area contributed by atoms with E-state index in [0.717, 1.165) is 16.9 Å². The molecule has 0 radical (unpaired) electrons. The second kappa shape index (κ2) is 6.38. The van der Waals surface area contributed by atoms with Crippen LogP contribution in [0, 0.1) is 5.82 Å². The van der Waals surface area contributed by atoms with Gasteiger partial charge in [0.1, 0.15) is 10.8 Å². The number of rotatable bonds is 4. The lowest BCUT2D eigenvalue weighted by atomic mass is 10.2. The fraction of sp³-hybridized carbons (Fsp3) is 0.214. The predicted molar refractivity (Wildman–Crippen MR) is 77.4 cm³/mol. The van der Waals surface area contributed by atoms with Gasteiger partial charge in [0.25, 0.3) is 0 Å². The third kappa shape index (κ3) is 3.71. The van der Waals surface area contributed by atoms with Gasteiger partial charge in [-0.25, -0.2) is 9.18 Å². The first-order valence-corrected chi connectivity index (χ1v) is 6.98. The van der Waals surface area contributed by atoms with Crippen molar-refractivity contribution in [1.82, 2.24) is 5.32 Å². The summed E-state index contributed by atoms with van der Waals surface area (Å²) in [7, 11) is 0. The Morgan fingerprint density at radius 3 is 2.70 bits per heavy atom. The molecule has 4 nitrogen and oxygen atoms in total. The van der Waals surface area contributed by atoms with E-state index in [-0.39, 0.29) is 12.4 Å². The predicted octanol–water partition coefficient (Wildman–Crippen LogP) is 3.32. The molecule has 20 heavy (non-hydrogen) atoms. The zero-order chi connectivity index (χ0) is 14.5. The molecule has 1 aromatic heterocycles. The molecule has 3 N–H and O–H groups in total. The molecule has 6 heteroatoms. The number of aryl methyl sites for hydroxylation is 1. The SMILES string of the molecule is CCc1cc(OC(=O)NCc2ccc(F)cc2)c(N)s1. The van der Waals surface area contributed by atoms with Crippen LogP contribution >= 0.6 is 11.3 Å². The van der Waals surface area contributed by atoms with E-state index in [0.29, 0.717) is 10.8 Å². The molecule has 0 bridgehead atoms. The zero-order valence-corrected chi connectivity index (χ0v) is 11.8. The molecule has 0 aliphatic rings. The third-order valence-electron chi connectivity index (χ3n) is 2.68.